The number of rotatable bonds is 7. The molecule has 0 spiro atoms. The van der Waals surface area contributed by atoms with Crippen molar-refractivity contribution in [1.82, 2.24) is 15.2 Å². The molecule has 0 radical (unpaired) electrons. The Balaban J connectivity index is 1.51. The second-order valence-electron chi connectivity index (χ2n) is 7.72. The Morgan fingerprint density at radius 3 is 2.37 bits per heavy atom. The number of aromatic nitrogens is 1. The van der Waals surface area contributed by atoms with E-state index in [9.17, 15) is 19.2 Å². The maximum absolute atomic E-state index is 12.8. The van der Waals surface area contributed by atoms with Crippen molar-refractivity contribution >= 4 is 35.4 Å². The maximum Gasteiger partial charge on any atom is 0.339 e. The summed E-state index contributed by atoms with van der Waals surface area (Å²) in [6, 6.07) is 9.63. The third-order valence-corrected chi connectivity index (χ3v) is 5.39. The van der Waals surface area contributed by atoms with Gasteiger partial charge in [-0.1, -0.05) is 0 Å². The molecule has 1 aliphatic heterocycles. The Morgan fingerprint density at radius 2 is 1.71 bits per heavy atom. The van der Waals surface area contributed by atoms with Gasteiger partial charge in [0.05, 0.1) is 19.3 Å². The summed E-state index contributed by atoms with van der Waals surface area (Å²) in [4.78, 5) is 56.0. The summed E-state index contributed by atoms with van der Waals surface area (Å²) in [7, 11) is 1.25. The third kappa shape index (κ3) is 7.16. The van der Waals surface area contributed by atoms with E-state index in [-0.39, 0.29) is 12.6 Å². The van der Waals surface area contributed by atoms with Crippen LogP contribution in [-0.4, -0.2) is 80.2 Å². The Morgan fingerprint density at radius 1 is 0.971 bits per heavy atom. The van der Waals surface area contributed by atoms with Gasteiger partial charge in [0.25, 0.3) is 5.91 Å². The number of anilines is 2. The van der Waals surface area contributed by atoms with Crippen molar-refractivity contribution in [2.24, 2.45) is 0 Å². The zero-order chi connectivity index (χ0) is 25.2. The van der Waals surface area contributed by atoms with Crippen molar-refractivity contribution in [1.29, 1.82) is 0 Å². The summed E-state index contributed by atoms with van der Waals surface area (Å²) < 4.78 is 9.47. The lowest BCUT2D eigenvalue weighted by Gasteiger charge is -2.23. The molecule has 0 atom stereocenters. The summed E-state index contributed by atoms with van der Waals surface area (Å²) in [6.45, 7) is 4.25. The molecule has 0 bridgehead atoms. The number of carbonyl (C=O) groups excluding carboxylic acids is 4. The number of benzene rings is 1. The molecular weight excluding hydrogens is 454 g/mol. The van der Waals surface area contributed by atoms with E-state index >= 15 is 0 Å². The van der Waals surface area contributed by atoms with Crippen molar-refractivity contribution < 1.29 is 28.7 Å². The third-order valence-electron chi connectivity index (χ3n) is 5.39. The lowest BCUT2D eigenvalue weighted by Crippen LogP contribution is -2.38. The SMILES string of the molecule is CCOC(=O)c1ccc(N2CCCN(C(=O)Nc3ccc(C(=O)NCC(=O)OC)cc3)CC2)nc1. The first-order valence-corrected chi connectivity index (χ1v) is 11.3. The van der Waals surface area contributed by atoms with Gasteiger partial charge in [0.1, 0.15) is 12.4 Å². The van der Waals surface area contributed by atoms with Crippen LogP contribution in [-0.2, 0) is 14.3 Å². The molecule has 0 aliphatic carbocycles. The number of carbonyl (C=O) groups is 4. The van der Waals surface area contributed by atoms with E-state index in [2.05, 4.69) is 25.3 Å². The molecule has 2 heterocycles. The monoisotopic (exact) mass is 483 g/mol. The minimum atomic E-state index is -0.539. The molecule has 1 aromatic carbocycles. The minimum absolute atomic E-state index is 0.217. The lowest BCUT2D eigenvalue weighted by atomic mass is 10.2. The normalized spacial score (nSPS) is 13.4. The molecule has 11 heteroatoms. The molecule has 2 N–H and O–H groups in total. The fraction of sp³-hybridized carbons (Fsp3) is 0.375. The Bertz CT molecular complexity index is 1040. The van der Waals surface area contributed by atoms with Crippen molar-refractivity contribution in [3.8, 4) is 0 Å². The first-order chi connectivity index (χ1) is 16.9. The van der Waals surface area contributed by atoms with E-state index in [1.165, 1.54) is 13.3 Å². The van der Waals surface area contributed by atoms with Crippen LogP contribution < -0.4 is 15.5 Å². The standard InChI is InChI=1S/C24H29N5O6/c1-3-35-23(32)18-7-10-20(25-15-18)28-11-4-12-29(14-13-28)24(33)27-19-8-5-17(6-9-19)22(31)26-16-21(30)34-2/h5-10,15H,3-4,11-14,16H2,1-2H3,(H,26,31)(H,27,33). The van der Waals surface area contributed by atoms with E-state index in [4.69, 9.17) is 4.74 Å². The van der Waals surface area contributed by atoms with E-state index in [0.717, 1.165) is 18.8 Å². The van der Waals surface area contributed by atoms with E-state index in [1.54, 1.807) is 48.2 Å². The van der Waals surface area contributed by atoms with Crippen LogP contribution in [0.15, 0.2) is 42.6 Å². The highest BCUT2D eigenvalue weighted by Gasteiger charge is 2.20. The quantitative estimate of drug-likeness (QED) is 0.571. The van der Waals surface area contributed by atoms with Crippen LogP contribution in [0.2, 0.25) is 0 Å². The predicted molar refractivity (Wildman–Crippen MR) is 128 cm³/mol. The number of ether oxygens (including phenoxy) is 2. The van der Waals surface area contributed by atoms with Gasteiger partial charge in [0, 0.05) is 43.6 Å². The first-order valence-electron chi connectivity index (χ1n) is 11.3. The highest BCUT2D eigenvalue weighted by molar-refractivity contribution is 5.97. The molecule has 1 saturated heterocycles. The maximum atomic E-state index is 12.8. The van der Waals surface area contributed by atoms with Gasteiger partial charge in [-0.15, -0.1) is 0 Å². The summed E-state index contributed by atoms with van der Waals surface area (Å²) in [6.07, 6.45) is 2.26. The van der Waals surface area contributed by atoms with Gasteiger partial charge >= 0.3 is 18.0 Å². The number of nitrogens with one attached hydrogen (secondary N) is 2. The Labute approximate surface area is 203 Å². The van der Waals surface area contributed by atoms with Gasteiger partial charge in [0.15, 0.2) is 0 Å². The second-order valence-corrected chi connectivity index (χ2v) is 7.72. The highest BCUT2D eigenvalue weighted by atomic mass is 16.5. The average Bonchev–Trinajstić information content (AvgIpc) is 3.14. The smallest absolute Gasteiger partial charge is 0.339 e. The van der Waals surface area contributed by atoms with E-state index in [0.29, 0.717) is 43.1 Å². The fourth-order valence-electron chi connectivity index (χ4n) is 3.49. The van der Waals surface area contributed by atoms with Gasteiger partial charge in [-0.2, -0.15) is 0 Å². The van der Waals surface area contributed by atoms with Crippen LogP contribution in [0, 0.1) is 0 Å². The van der Waals surface area contributed by atoms with Crippen molar-refractivity contribution in [3.63, 3.8) is 0 Å². The number of methoxy groups -OCH3 is 1. The average molecular weight is 484 g/mol. The molecule has 3 amide bonds. The minimum Gasteiger partial charge on any atom is -0.468 e. The van der Waals surface area contributed by atoms with Crippen molar-refractivity contribution in [3.05, 3.63) is 53.7 Å². The van der Waals surface area contributed by atoms with Crippen LogP contribution in [0.3, 0.4) is 0 Å². The molecule has 1 aliphatic rings. The second kappa shape index (κ2) is 12.4. The number of hydrogen-bond acceptors (Lipinski definition) is 8. The zero-order valence-corrected chi connectivity index (χ0v) is 19.8. The Hall–Kier alpha value is -4.15. The topological polar surface area (TPSA) is 130 Å². The molecule has 1 fully saturated rings. The molecule has 35 heavy (non-hydrogen) atoms. The zero-order valence-electron chi connectivity index (χ0n) is 19.8. The molecule has 186 valence electrons. The summed E-state index contributed by atoms with van der Waals surface area (Å²) in [5.41, 5.74) is 1.31. The molecule has 0 unspecified atom stereocenters. The fourth-order valence-corrected chi connectivity index (χ4v) is 3.49. The highest BCUT2D eigenvalue weighted by Crippen LogP contribution is 2.16. The van der Waals surface area contributed by atoms with Gasteiger partial charge in [-0.3, -0.25) is 9.59 Å². The predicted octanol–water partition coefficient (Wildman–Crippen LogP) is 1.91. The van der Waals surface area contributed by atoms with Crippen LogP contribution in [0.25, 0.3) is 0 Å². The van der Waals surface area contributed by atoms with E-state index in [1.807, 2.05) is 0 Å². The van der Waals surface area contributed by atoms with Gasteiger partial charge < -0.3 is 29.9 Å². The van der Waals surface area contributed by atoms with Gasteiger partial charge in [0.2, 0.25) is 0 Å². The Kier molecular flexibility index (Phi) is 8.99. The first kappa shape index (κ1) is 25.5. The number of amides is 3. The summed E-state index contributed by atoms with van der Waals surface area (Å²) >= 11 is 0. The van der Waals surface area contributed by atoms with Crippen LogP contribution in [0.5, 0.6) is 0 Å². The van der Waals surface area contributed by atoms with Gasteiger partial charge in [-0.05, 0) is 49.7 Å². The molecule has 0 saturated carbocycles. The largest absolute Gasteiger partial charge is 0.468 e. The number of pyridine rings is 1. The number of nitrogens with zero attached hydrogens (tertiary/aromatic N) is 3. The molecule has 3 rings (SSSR count). The van der Waals surface area contributed by atoms with Crippen molar-refractivity contribution in [2.45, 2.75) is 13.3 Å². The van der Waals surface area contributed by atoms with Crippen LogP contribution >= 0.6 is 0 Å². The number of urea groups is 1. The lowest BCUT2D eigenvalue weighted by molar-refractivity contribution is -0.139. The summed E-state index contributed by atoms with van der Waals surface area (Å²) in [5.74, 6) is -0.617. The van der Waals surface area contributed by atoms with Crippen LogP contribution in [0.4, 0.5) is 16.3 Å². The summed E-state index contributed by atoms with van der Waals surface area (Å²) in [5, 5.41) is 5.31. The molecule has 2 aromatic rings. The molecular formula is C24H29N5O6. The van der Waals surface area contributed by atoms with Crippen molar-refractivity contribution in [2.75, 3.05) is 56.7 Å². The number of hydrogen-bond donors (Lipinski definition) is 2. The molecule has 11 nitrogen and oxygen atoms in total. The number of esters is 2. The van der Waals surface area contributed by atoms with Crippen LogP contribution in [0.1, 0.15) is 34.1 Å². The molecule has 1 aromatic heterocycles. The van der Waals surface area contributed by atoms with Gasteiger partial charge in [-0.25, -0.2) is 14.6 Å². The van der Waals surface area contributed by atoms with E-state index < -0.39 is 17.8 Å².